The molecule has 4 heteroatoms. The number of hydrogen-bond donors (Lipinski definition) is 1. The summed E-state index contributed by atoms with van der Waals surface area (Å²) in [5.41, 5.74) is 1.37. The number of hydrogen-bond acceptors (Lipinski definition) is 3. The summed E-state index contributed by atoms with van der Waals surface area (Å²) in [5, 5.41) is 3.58. The number of rotatable bonds is 5. The van der Waals surface area contributed by atoms with Crippen LogP contribution in [0.2, 0.25) is 5.02 Å². The fraction of sp³-hybridized carbons (Fsp3) is 0.308. The molecule has 0 spiro atoms. The predicted octanol–water partition coefficient (Wildman–Crippen LogP) is 3.26. The second-order valence-electron chi connectivity index (χ2n) is 3.66. The van der Waals surface area contributed by atoms with E-state index in [0.29, 0.717) is 22.9 Å². The largest absolute Gasteiger partial charge is 0.464 e. The number of halogens is 1. The smallest absolute Gasteiger partial charge is 0.332 e. The molecule has 1 aromatic carbocycles. The van der Waals surface area contributed by atoms with E-state index in [9.17, 15) is 4.79 Å². The molecule has 17 heavy (non-hydrogen) atoms. The van der Waals surface area contributed by atoms with Crippen LogP contribution in [0.15, 0.2) is 36.4 Å². The van der Waals surface area contributed by atoms with Gasteiger partial charge >= 0.3 is 5.97 Å². The quantitative estimate of drug-likeness (QED) is 0.647. The molecule has 0 fully saturated rings. The highest BCUT2D eigenvalue weighted by atomic mass is 35.5. The lowest BCUT2D eigenvalue weighted by Crippen LogP contribution is -2.32. The van der Waals surface area contributed by atoms with Crippen LogP contribution in [0, 0.1) is 0 Å². The van der Waals surface area contributed by atoms with Crippen LogP contribution in [0.3, 0.4) is 0 Å². The Labute approximate surface area is 106 Å². The van der Waals surface area contributed by atoms with E-state index in [-0.39, 0.29) is 5.97 Å². The average molecular weight is 254 g/mol. The molecule has 92 valence electrons. The molecule has 1 aromatic rings. The molecule has 1 atom stereocenters. The summed E-state index contributed by atoms with van der Waals surface area (Å²) in [6.45, 7) is 7.65. The van der Waals surface area contributed by atoms with Gasteiger partial charge in [-0.15, -0.1) is 0 Å². The maximum absolute atomic E-state index is 11.7. The van der Waals surface area contributed by atoms with Gasteiger partial charge in [0.05, 0.1) is 17.3 Å². The number of nitrogens with one attached hydrogen (secondary N) is 1. The molecule has 0 saturated carbocycles. The van der Waals surface area contributed by atoms with Gasteiger partial charge in [0, 0.05) is 0 Å². The normalized spacial score (nSPS) is 11.7. The summed E-state index contributed by atoms with van der Waals surface area (Å²) in [6.07, 6.45) is 0. The maximum Gasteiger partial charge on any atom is 0.332 e. The van der Waals surface area contributed by atoms with Gasteiger partial charge in [0.1, 0.15) is 6.04 Å². The fourth-order valence-corrected chi connectivity index (χ4v) is 1.53. The highest BCUT2D eigenvalue weighted by Crippen LogP contribution is 2.22. The number of anilines is 1. The van der Waals surface area contributed by atoms with Gasteiger partial charge in [-0.05, 0) is 31.6 Å². The summed E-state index contributed by atoms with van der Waals surface area (Å²) < 4.78 is 4.97. The van der Waals surface area contributed by atoms with E-state index in [1.54, 1.807) is 26.0 Å². The van der Waals surface area contributed by atoms with Crippen molar-refractivity contribution in [3.05, 3.63) is 41.4 Å². The molecule has 0 aliphatic heterocycles. The first-order valence-corrected chi connectivity index (χ1v) is 5.77. The zero-order chi connectivity index (χ0) is 12.8. The molecule has 0 aliphatic rings. The predicted molar refractivity (Wildman–Crippen MR) is 70.3 cm³/mol. The van der Waals surface area contributed by atoms with Crippen LogP contribution in [-0.2, 0) is 9.53 Å². The Morgan fingerprint density at radius 2 is 2.18 bits per heavy atom. The van der Waals surface area contributed by atoms with Crippen molar-refractivity contribution in [2.45, 2.75) is 19.9 Å². The first-order chi connectivity index (χ1) is 8.06. The number of para-hydroxylation sites is 1. The van der Waals surface area contributed by atoms with E-state index in [4.69, 9.17) is 16.3 Å². The van der Waals surface area contributed by atoms with E-state index >= 15 is 0 Å². The molecular formula is C13H16ClNO2. The van der Waals surface area contributed by atoms with Gasteiger partial charge in [-0.1, -0.05) is 30.3 Å². The van der Waals surface area contributed by atoms with Crippen molar-refractivity contribution >= 4 is 23.3 Å². The Bertz CT molecular complexity index is 418. The van der Waals surface area contributed by atoms with Crippen molar-refractivity contribution in [1.82, 2.24) is 0 Å². The monoisotopic (exact) mass is 253 g/mol. The summed E-state index contributed by atoms with van der Waals surface area (Å²) in [4.78, 5) is 11.7. The highest BCUT2D eigenvalue weighted by Gasteiger charge is 2.20. The molecule has 0 amide bonds. The van der Waals surface area contributed by atoms with Crippen LogP contribution in [-0.4, -0.2) is 18.6 Å². The third kappa shape index (κ3) is 3.79. The minimum Gasteiger partial charge on any atom is -0.464 e. The number of carbonyl (C=O) groups is 1. The first kappa shape index (κ1) is 13.6. The second-order valence-corrected chi connectivity index (χ2v) is 4.06. The highest BCUT2D eigenvalue weighted by molar-refractivity contribution is 6.33. The Balaban J connectivity index is 2.84. The van der Waals surface area contributed by atoms with Crippen molar-refractivity contribution in [2.75, 3.05) is 11.9 Å². The van der Waals surface area contributed by atoms with Gasteiger partial charge in [0.25, 0.3) is 0 Å². The lowest BCUT2D eigenvalue weighted by molar-refractivity contribution is -0.143. The summed E-state index contributed by atoms with van der Waals surface area (Å²) >= 11 is 6.01. The third-order valence-electron chi connectivity index (χ3n) is 2.19. The second kappa shape index (κ2) is 6.30. The standard InChI is InChI=1S/C13H16ClNO2/c1-4-17-13(16)12(9(2)3)15-11-8-6-5-7-10(11)14/h5-8,12,15H,2,4H2,1,3H3. The topological polar surface area (TPSA) is 38.3 Å². The van der Waals surface area contributed by atoms with Crippen molar-refractivity contribution in [3.8, 4) is 0 Å². The van der Waals surface area contributed by atoms with E-state index in [1.807, 2.05) is 12.1 Å². The van der Waals surface area contributed by atoms with Crippen LogP contribution in [0.5, 0.6) is 0 Å². The number of esters is 1. The molecule has 1 rings (SSSR count). The first-order valence-electron chi connectivity index (χ1n) is 5.39. The number of ether oxygens (including phenoxy) is 1. The Morgan fingerprint density at radius 3 is 2.71 bits per heavy atom. The van der Waals surface area contributed by atoms with E-state index in [2.05, 4.69) is 11.9 Å². The van der Waals surface area contributed by atoms with E-state index in [0.717, 1.165) is 0 Å². The summed E-state index contributed by atoms with van der Waals surface area (Å²) in [6, 6.07) is 6.65. The van der Waals surface area contributed by atoms with Crippen molar-refractivity contribution in [1.29, 1.82) is 0 Å². The van der Waals surface area contributed by atoms with Gasteiger partial charge in [-0.25, -0.2) is 4.79 Å². The Kier molecular flexibility index (Phi) is 5.04. The molecule has 0 radical (unpaired) electrons. The van der Waals surface area contributed by atoms with Gasteiger partial charge in [0.15, 0.2) is 0 Å². The molecule has 0 heterocycles. The maximum atomic E-state index is 11.7. The summed E-state index contributed by atoms with van der Waals surface area (Å²) in [5.74, 6) is -0.347. The molecule has 0 aromatic heterocycles. The molecule has 3 nitrogen and oxygen atoms in total. The summed E-state index contributed by atoms with van der Waals surface area (Å²) in [7, 11) is 0. The molecule has 0 saturated heterocycles. The molecular weight excluding hydrogens is 238 g/mol. The molecule has 1 N–H and O–H groups in total. The van der Waals surface area contributed by atoms with Crippen molar-refractivity contribution in [3.63, 3.8) is 0 Å². The number of carbonyl (C=O) groups excluding carboxylic acids is 1. The molecule has 0 bridgehead atoms. The fourth-order valence-electron chi connectivity index (χ4n) is 1.34. The van der Waals surface area contributed by atoms with Crippen LogP contribution in [0.1, 0.15) is 13.8 Å². The van der Waals surface area contributed by atoms with Crippen LogP contribution >= 0.6 is 11.6 Å². The molecule has 0 aliphatic carbocycles. The van der Waals surface area contributed by atoms with Gasteiger partial charge in [-0.2, -0.15) is 0 Å². The lowest BCUT2D eigenvalue weighted by Gasteiger charge is -2.19. The van der Waals surface area contributed by atoms with Crippen molar-refractivity contribution < 1.29 is 9.53 Å². The Morgan fingerprint density at radius 1 is 1.53 bits per heavy atom. The van der Waals surface area contributed by atoms with E-state index < -0.39 is 6.04 Å². The van der Waals surface area contributed by atoms with Crippen LogP contribution < -0.4 is 5.32 Å². The number of benzene rings is 1. The van der Waals surface area contributed by atoms with Gasteiger partial charge < -0.3 is 10.1 Å². The zero-order valence-electron chi connectivity index (χ0n) is 10.00. The van der Waals surface area contributed by atoms with Gasteiger partial charge in [0.2, 0.25) is 0 Å². The minimum absolute atomic E-state index is 0.340. The van der Waals surface area contributed by atoms with Crippen LogP contribution in [0.25, 0.3) is 0 Å². The minimum atomic E-state index is -0.574. The van der Waals surface area contributed by atoms with Crippen molar-refractivity contribution in [2.24, 2.45) is 0 Å². The van der Waals surface area contributed by atoms with E-state index in [1.165, 1.54) is 0 Å². The SMILES string of the molecule is C=C(C)C(Nc1ccccc1Cl)C(=O)OCC. The Hall–Kier alpha value is -1.48. The zero-order valence-corrected chi connectivity index (χ0v) is 10.8. The third-order valence-corrected chi connectivity index (χ3v) is 2.52. The average Bonchev–Trinajstić information content (AvgIpc) is 2.27. The lowest BCUT2D eigenvalue weighted by atomic mass is 10.1. The van der Waals surface area contributed by atoms with Gasteiger partial charge in [-0.3, -0.25) is 0 Å². The van der Waals surface area contributed by atoms with Crippen LogP contribution in [0.4, 0.5) is 5.69 Å². The molecule has 1 unspecified atom stereocenters.